The van der Waals surface area contributed by atoms with Crippen molar-refractivity contribution in [2.45, 2.75) is 30.3 Å². The second-order valence-corrected chi connectivity index (χ2v) is 12.5. The topological polar surface area (TPSA) is 26.7 Å². The SMILES string of the molecule is OC1C2C(c3ccc(Cl)cc3)N3CN(C2c2ccc(Cl)cc2)C(c2ccc(Cl)cc2)C1C3c1ccc(Cl)cc1. The molecule has 4 aliphatic heterocycles. The van der Waals surface area contributed by atoms with Gasteiger partial charge in [-0.1, -0.05) is 94.9 Å². The molecule has 4 bridgehead atoms. The van der Waals surface area contributed by atoms with Gasteiger partial charge in [-0.2, -0.15) is 0 Å². The van der Waals surface area contributed by atoms with Crippen LogP contribution in [0.4, 0.5) is 0 Å². The Labute approximate surface area is 248 Å². The van der Waals surface area contributed by atoms with Gasteiger partial charge in [0.25, 0.3) is 0 Å². The van der Waals surface area contributed by atoms with E-state index in [1.54, 1.807) is 0 Å². The predicted octanol–water partition coefficient (Wildman–Crippen LogP) is 8.76. The van der Waals surface area contributed by atoms with Gasteiger partial charge in [0.1, 0.15) is 0 Å². The van der Waals surface area contributed by atoms with Crippen molar-refractivity contribution in [1.82, 2.24) is 9.80 Å². The Morgan fingerprint density at radius 1 is 0.436 bits per heavy atom. The van der Waals surface area contributed by atoms with Crippen molar-refractivity contribution < 1.29 is 5.11 Å². The smallest absolute Gasteiger partial charge is 0.0669 e. The molecule has 0 aromatic heterocycles. The number of rotatable bonds is 4. The molecule has 0 spiro atoms. The second kappa shape index (κ2) is 10.1. The zero-order chi connectivity index (χ0) is 26.8. The van der Waals surface area contributed by atoms with Crippen molar-refractivity contribution >= 4 is 46.4 Å². The highest BCUT2D eigenvalue weighted by Crippen LogP contribution is 2.65. The highest BCUT2D eigenvalue weighted by molar-refractivity contribution is 6.31. The Kier molecular flexibility index (Phi) is 6.68. The fraction of sp³-hybridized carbons (Fsp3) is 0.250. The van der Waals surface area contributed by atoms with Crippen molar-refractivity contribution in [3.63, 3.8) is 0 Å². The van der Waals surface area contributed by atoms with Crippen molar-refractivity contribution in [1.29, 1.82) is 0 Å². The van der Waals surface area contributed by atoms with Crippen LogP contribution in [0.2, 0.25) is 20.1 Å². The van der Waals surface area contributed by atoms with E-state index in [1.165, 1.54) is 0 Å². The number of piperidine rings is 2. The van der Waals surface area contributed by atoms with E-state index in [4.69, 9.17) is 46.4 Å². The molecule has 8 rings (SSSR count). The van der Waals surface area contributed by atoms with Crippen molar-refractivity contribution in [3.8, 4) is 0 Å². The van der Waals surface area contributed by atoms with Crippen LogP contribution in [0.15, 0.2) is 97.1 Å². The first-order valence-electron chi connectivity index (χ1n) is 13.1. The minimum absolute atomic E-state index is 0.00251. The Bertz CT molecular complexity index is 1260. The van der Waals surface area contributed by atoms with Gasteiger partial charge in [0.05, 0.1) is 12.8 Å². The van der Waals surface area contributed by atoms with Gasteiger partial charge in [-0.3, -0.25) is 9.80 Å². The van der Waals surface area contributed by atoms with E-state index in [9.17, 15) is 5.11 Å². The Balaban J connectivity index is 1.43. The van der Waals surface area contributed by atoms with Crippen molar-refractivity contribution in [2.75, 3.05) is 6.67 Å². The van der Waals surface area contributed by atoms with Gasteiger partial charge in [0.2, 0.25) is 0 Å². The lowest BCUT2D eigenvalue weighted by Crippen LogP contribution is -2.71. The highest BCUT2D eigenvalue weighted by Gasteiger charge is 2.64. The lowest BCUT2D eigenvalue weighted by Gasteiger charge is -2.69. The second-order valence-electron chi connectivity index (χ2n) is 10.8. The predicted molar refractivity (Wildman–Crippen MR) is 158 cm³/mol. The first-order valence-corrected chi connectivity index (χ1v) is 14.6. The number of halogens is 4. The maximum atomic E-state index is 12.4. The minimum Gasteiger partial charge on any atom is -0.392 e. The molecule has 4 fully saturated rings. The molecular formula is C32H26Cl4N2O. The lowest BCUT2D eigenvalue weighted by molar-refractivity contribution is -0.260. The van der Waals surface area contributed by atoms with E-state index >= 15 is 0 Å². The lowest BCUT2D eigenvalue weighted by atomic mass is 9.59. The Morgan fingerprint density at radius 3 is 0.897 bits per heavy atom. The van der Waals surface area contributed by atoms with E-state index in [1.807, 2.05) is 48.5 Å². The van der Waals surface area contributed by atoms with Crippen LogP contribution in [-0.4, -0.2) is 27.7 Å². The van der Waals surface area contributed by atoms with Crippen molar-refractivity contribution in [2.24, 2.45) is 11.8 Å². The average molecular weight is 596 g/mol. The third kappa shape index (κ3) is 4.31. The number of benzene rings is 4. The molecule has 0 amide bonds. The first-order chi connectivity index (χ1) is 18.9. The van der Waals surface area contributed by atoms with Gasteiger partial charge in [-0.15, -0.1) is 0 Å². The molecule has 4 aromatic rings. The van der Waals surface area contributed by atoms with Crippen LogP contribution in [0.25, 0.3) is 0 Å². The largest absolute Gasteiger partial charge is 0.392 e. The quantitative estimate of drug-likeness (QED) is 0.255. The molecule has 4 heterocycles. The number of hydrogen-bond donors (Lipinski definition) is 1. The average Bonchev–Trinajstić information content (AvgIpc) is 2.94. The Morgan fingerprint density at radius 2 is 0.667 bits per heavy atom. The van der Waals surface area contributed by atoms with Crippen LogP contribution >= 0.6 is 46.4 Å². The summed E-state index contributed by atoms with van der Waals surface area (Å²) in [5.74, 6) is -0.114. The van der Waals surface area contributed by atoms with Gasteiger partial charge in [-0.25, -0.2) is 0 Å². The summed E-state index contributed by atoms with van der Waals surface area (Å²) in [6, 6.07) is 32.4. The molecule has 4 saturated heterocycles. The van der Waals surface area contributed by atoms with Gasteiger partial charge >= 0.3 is 0 Å². The third-order valence-corrected chi connectivity index (χ3v) is 9.86. The number of aliphatic hydroxyl groups excluding tert-OH is 1. The van der Waals surface area contributed by atoms with Gasteiger partial charge in [0, 0.05) is 56.1 Å². The summed E-state index contributed by atoms with van der Waals surface area (Å²) in [4.78, 5) is 5.13. The van der Waals surface area contributed by atoms with Crippen LogP contribution in [0, 0.1) is 11.8 Å². The monoisotopic (exact) mass is 594 g/mol. The molecule has 4 unspecified atom stereocenters. The molecule has 0 aliphatic carbocycles. The Hall–Kier alpha value is -2.08. The standard InChI is InChI=1S/C32H26Cl4N2O/c33-22-9-1-18(2-10-22)28-26-29(19-3-11-23(34)12-4-19)38-17-37(28)30(20-5-13-24(35)14-6-20)27(32(26)39)31(38)21-7-15-25(36)16-8-21/h1-16,26-32,39H,17H2. The minimum atomic E-state index is -0.569. The molecule has 4 atom stereocenters. The van der Waals surface area contributed by atoms with E-state index < -0.39 is 6.10 Å². The number of nitrogens with zero attached hydrogens (tertiary/aromatic N) is 2. The highest BCUT2D eigenvalue weighted by atomic mass is 35.5. The fourth-order valence-electron chi connectivity index (χ4n) is 7.41. The summed E-state index contributed by atoms with van der Waals surface area (Å²) in [5, 5.41) is 15.2. The van der Waals surface area contributed by atoms with Crippen LogP contribution in [0.5, 0.6) is 0 Å². The molecule has 4 aliphatic rings. The van der Waals surface area contributed by atoms with E-state index in [-0.39, 0.29) is 36.0 Å². The molecule has 0 saturated carbocycles. The van der Waals surface area contributed by atoms with Crippen LogP contribution in [0.1, 0.15) is 46.4 Å². The summed E-state index contributed by atoms with van der Waals surface area (Å²) in [7, 11) is 0. The summed E-state index contributed by atoms with van der Waals surface area (Å²) >= 11 is 25.2. The molecule has 0 radical (unpaired) electrons. The van der Waals surface area contributed by atoms with Crippen LogP contribution < -0.4 is 0 Å². The van der Waals surface area contributed by atoms with Crippen molar-refractivity contribution in [3.05, 3.63) is 139 Å². The maximum Gasteiger partial charge on any atom is 0.0669 e. The molecule has 39 heavy (non-hydrogen) atoms. The number of hydrogen-bond acceptors (Lipinski definition) is 3. The van der Waals surface area contributed by atoms with Gasteiger partial charge < -0.3 is 5.11 Å². The molecular weight excluding hydrogens is 570 g/mol. The van der Waals surface area contributed by atoms with E-state index in [0.717, 1.165) is 28.9 Å². The molecule has 3 nitrogen and oxygen atoms in total. The van der Waals surface area contributed by atoms with E-state index in [2.05, 4.69) is 58.3 Å². The normalized spacial score (nSPS) is 32.9. The summed E-state index contributed by atoms with van der Waals surface area (Å²) in [5.41, 5.74) is 4.63. The summed E-state index contributed by atoms with van der Waals surface area (Å²) in [6.45, 7) is 0.737. The number of aliphatic hydroxyl groups is 1. The van der Waals surface area contributed by atoms with Gasteiger partial charge in [0.15, 0.2) is 0 Å². The summed E-state index contributed by atoms with van der Waals surface area (Å²) in [6.07, 6.45) is -0.569. The fourth-order valence-corrected chi connectivity index (χ4v) is 7.92. The molecule has 4 aromatic carbocycles. The zero-order valence-electron chi connectivity index (χ0n) is 20.8. The van der Waals surface area contributed by atoms with Gasteiger partial charge in [-0.05, 0) is 70.8 Å². The maximum absolute atomic E-state index is 12.4. The molecule has 1 N–H and O–H groups in total. The summed E-state index contributed by atoms with van der Waals surface area (Å²) < 4.78 is 0. The molecule has 198 valence electrons. The molecule has 7 heteroatoms. The van der Waals surface area contributed by atoms with Crippen LogP contribution in [-0.2, 0) is 0 Å². The zero-order valence-corrected chi connectivity index (χ0v) is 23.9. The first kappa shape index (κ1) is 25.9. The third-order valence-electron chi connectivity index (χ3n) is 8.85. The van der Waals surface area contributed by atoms with Crippen LogP contribution in [0.3, 0.4) is 0 Å². The van der Waals surface area contributed by atoms with E-state index in [0.29, 0.717) is 20.1 Å².